The highest BCUT2D eigenvalue weighted by molar-refractivity contribution is 5.94. The Morgan fingerprint density at radius 2 is 1.76 bits per heavy atom. The van der Waals surface area contributed by atoms with Gasteiger partial charge >= 0.3 is 12.0 Å². The Kier molecular flexibility index (Phi) is 8.46. The molecule has 7 nitrogen and oxygen atoms in total. The molecular weight excluding hydrogens is 478 g/mol. The van der Waals surface area contributed by atoms with E-state index in [-0.39, 0.29) is 12.1 Å². The number of fused-ring (bicyclic) bond motifs is 1. The lowest BCUT2D eigenvalue weighted by Gasteiger charge is -2.35. The van der Waals surface area contributed by atoms with Crippen LogP contribution in [0.5, 0.6) is 0 Å². The van der Waals surface area contributed by atoms with Gasteiger partial charge in [-0.25, -0.2) is 14.6 Å². The molecule has 38 heavy (non-hydrogen) atoms. The number of amides is 2. The van der Waals surface area contributed by atoms with E-state index in [2.05, 4.69) is 37.4 Å². The van der Waals surface area contributed by atoms with Crippen LogP contribution < -0.4 is 10.2 Å². The van der Waals surface area contributed by atoms with Gasteiger partial charge in [-0.05, 0) is 83.9 Å². The Morgan fingerprint density at radius 1 is 1.05 bits per heavy atom. The number of aryl methyl sites for hydroxylation is 3. The topological polar surface area (TPSA) is 80.8 Å². The van der Waals surface area contributed by atoms with Crippen molar-refractivity contribution in [2.75, 3.05) is 18.6 Å². The largest absolute Gasteiger partial charge is 0.467 e. The number of nitrogens with one attached hydrogen (secondary N) is 1. The maximum atomic E-state index is 13.5. The summed E-state index contributed by atoms with van der Waals surface area (Å²) in [4.78, 5) is 33.6. The lowest BCUT2D eigenvalue weighted by Crippen LogP contribution is -2.48. The van der Waals surface area contributed by atoms with E-state index in [0.717, 1.165) is 65.6 Å². The Balaban J connectivity index is 1.90. The smallest absolute Gasteiger partial charge is 0.339 e. The number of carbonyl (C=O) groups is 2. The highest BCUT2D eigenvalue weighted by Gasteiger charge is 2.37. The fourth-order valence-electron chi connectivity index (χ4n) is 5.67. The number of methoxy groups -OCH3 is 1. The third kappa shape index (κ3) is 6.04. The zero-order valence-electron chi connectivity index (χ0n) is 24.1. The van der Waals surface area contributed by atoms with E-state index in [1.807, 2.05) is 27.7 Å². The van der Waals surface area contributed by atoms with Crippen molar-refractivity contribution in [1.82, 2.24) is 10.3 Å². The van der Waals surface area contributed by atoms with Crippen molar-refractivity contribution in [3.05, 3.63) is 46.1 Å². The van der Waals surface area contributed by atoms with Gasteiger partial charge in [-0.1, -0.05) is 37.5 Å². The molecular formula is C31H43N3O4. The number of hydrogen-bond acceptors (Lipinski definition) is 5. The Bertz CT molecular complexity index is 1190. The van der Waals surface area contributed by atoms with Gasteiger partial charge in [0.25, 0.3) is 0 Å². The molecule has 0 radical (unpaired) electrons. The molecule has 1 aliphatic heterocycles. The second kappa shape index (κ2) is 11.4. The molecule has 1 saturated carbocycles. The minimum absolute atomic E-state index is 0.110. The summed E-state index contributed by atoms with van der Waals surface area (Å²) >= 11 is 0. The van der Waals surface area contributed by atoms with Crippen LogP contribution in [-0.2, 0) is 20.7 Å². The number of anilines is 1. The van der Waals surface area contributed by atoms with E-state index >= 15 is 0 Å². The predicted molar refractivity (Wildman–Crippen MR) is 151 cm³/mol. The minimum Gasteiger partial charge on any atom is -0.467 e. The highest BCUT2D eigenvalue weighted by atomic mass is 16.6. The first kappa shape index (κ1) is 28.1. The van der Waals surface area contributed by atoms with Gasteiger partial charge in [0, 0.05) is 35.0 Å². The molecule has 0 bridgehead atoms. The molecule has 0 saturated heterocycles. The summed E-state index contributed by atoms with van der Waals surface area (Å²) in [6.45, 7) is 12.5. The van der Waals surface area contributed by atoms with E-state index in [1.165, 1.54) is 19.1 Å². The van der Waals surface area contributed by atoms with Crippen LogP contribution in [0.2, 0.25) is 0 Å². The van der Waals surface area contributed by atoms with Crippen molar-refractivity contribution in [1.29, 1.82) is 0 Å². The molecule has 7 heteroatoms. The molecule has 1 aliphatic carbocycles. The summed E-state index contributed by atoms with van der Waals surface area (Å²) in [6, 6.07) is 6.39. The zero-order valence-corrected chi connectivity index (χ0v) is 24.1. The fourth-order valence-corrected chi connectivity index (χ4v) is 5.67. The zero-order chi connectivity index (χ0) is 27.6. The number of benzene rings is 1. The average molecular weight is 522 g/mol. The first-order valence-corrected chi connectivity index (χ1v) is 13.9. The van der Waals surface area contributed by atoms with E-state index in [1.54, 1.807) is 4.90 Å². The number of hydrogen-bond donors (Lipinski definition) is 1. The summed E-state index contributed by atoms with van der Waals surface area (Å²) < 4.78 is 11.7. The van der Waals surface area contributed by atoms with Crippen LogP contribution in [0.4, 0.5) is 10.6 Å². The number of pyridine rings is 1. The third-order valence-corrected chi connectivity index (χ3v) is 7.69. The average Bonchev–Trinajstić information content (AvgIpc) is 2.87. The van der Waals surface area contributed by atoms with Crippen LogP contribution in [0.15, 0.2) is 18.2 Å². The van der Waals surface area contributed by atoms with Gasteiger partial charge in [-0.3, -0.25) is 4.90 Å². The maximum absolute atomic E-state index is 13.5. The lowest BCUT2D eigenvalue weighted by atomic mass is 9.86. The van der Waals surface area contributed by atoms with Crippen molar-refractivity contribution >= 4 is 17.8 Å². The summed E-state index contributed by atoms with van der Waals surface area (Å²) in [5.74, 6) is 0.164. The van der Waals surface area contributed by atoms with Gasteiger partial charge in [-0.15, -0.1) is 0 Å². The highest BCUT2D eigenvalue weighted by Crippen LogP contribution is 2.43. The number of carbonyl (C=O) groups excluding carboxylic acids is 2. The molecule has 2 aliphatic rings. The summed E-state index contributed by atoms with van der Waals surface area (Å²) in [5, 5.41) is 3.25. The van der Waals surface area contributed by atoms with Crippen molar-refractivity contribution in [3.63, 3.8) is 0 Å². The van der Waals surface area contributed by atoms with Crippen LogP contribution in [0, 0.1) is 20.8 Å². The predicted octanol–water partition coefficient (Wildman–Crippen LogP) is 6.50. The van der Waals surface area contributed by atoms with Crippen molar-refractivity contribution < 1.29 is 19.1 Å². The Labute approximate surface area is 227 Å². The quantitative estimate of drug-likeness (QED) is 0.455. The van der Waals surface area contributed by atoms with Crippen LogP contribution in [0.3, 0.4) is 0 Å². The first-order chi connectivity index (χ1) is 18.0. The monoisotopic (exact) mass is 521 g/mol. The van der Waals surface area contributed by atoms with E-state index in [9.17, 15) is 9.59 Å². The summed E-state index contributed by atoms with van der Waals surface area (Å²) in [5.41, 5.74) is 6.00. The Hall–Kier alpha value is -2.93. The van der Waals surface area contributed by atoms with E-state index < -0.39 is 17.7 Å². The molecule has 2 heterocycles. The lowest BCUT2D eigenvalue weighted by molar-refractivity contribution is -0.164. The van der Waals surface area contributed by atoms with Gasteiger partial charge in [0.2, 0.25) is 0 Å². The Morgan fingerprint density at radius 3 is 2.39 bits per heavy atom. The molecule has 1 aromatic heterocycles. The molecule has 206 valence electrons. The molecule has 1 N–H and O–H groups in total. The van der Waals surface area contributed by atoms with Gasteiger partial charge in [0.15, 0.2) is 6.10 Å². The molecule has 1 aromatic carbocycles. The second-order valence-corrected chi connectivity index (χ2v) is 11.8. The second-order valence-electron chi connectivity index (χ2n) is 11.8. The normalized spacial score (nSPS) is 17.1. The summed E-state index contributed by atoms with van der Waals surface area (Å²) in [7, 11) is 1.39. The molecule has 4 rings (SSSR count). The number of aromatic nitrogens is 1. The number of nitrogens with zero attached hydrogens (tertiary/aromatic N) is 2. The molecule has 2 amide bonds. The number of esters is 1. The molecule has 2 aromatic rings. The van der Waals surface area contributed by atoms with Crippen LogP contribution in [0.25, 0.3) is 11.1 Å². The van der Waals surface area contributed by atoms with E-state index in [0.29, 0.717) is 18.8 Å². The number of ether oxygens (including phenoxy) is 2. The molecule has 1 unspecified atom stereocenters. The van der Waals surface area contributed by atoms with Crippen LogP contribution in [0.1, 0.15) is 93.3 Å². The minimum atomic E-state index is -0.951. The maximum Gasteiger partial charge on any atom is 0.339 e. The van der Waals surface area contributed by atoms with Crippen molar-refractivity contribution in [2.24, 2.45) is 0 Å². The van der Waals surface area contributed by atoms with Gasteiger partial charge in [0.05, 0.1) is 12.7 Å². The molecule has 1 atom stereocenters. The van der Waals surface area contributed by atoms with Crippen LogP contribution >= 0.6 is 0 Å². The van der Waals surface area contributed by atoms with E-state index in [4.69, 9.17) is 14.5 Å². The SMILES string of the molecule is COC(=O)C(OC(C)(C)C)c1c2c(nc(C)c1-c1ccc(C)c(C)c1)N(C(=O)NC1CCCCC1)CCC2. The summed E-state index contributed by atoms with van der Waals surface area (Å²) in [6.07, 6.45) is 6.07. The molecule has 1 fully saturated rings. The number of rotatable bonds is 5. The fraction of sp³-hybridized carbons (Fsp3) is 0.581. The number of urea groups is 1. The third-order valence-electron chi connectivity index (χ3n) is 7.69. The van der Waals surface area contributed by atoms with Crippen LogP contribution in [-0.4, -0.2) is 42.3 Å². The first-order valence-electron chi connectivity index (χ1n) is 13.9. The van der Waals surface area contributed by atoms with Crippen molar-refractivity contribution in [2.45, 2.75) is 104 Å². The standard InChI is InChI=1S/C31H43N3O4/c1-19-15-16-22(18-20(19)2)25-21(3)32-28-24(26(25)27(29(35)37-7)38-31(4,5)6)14-11-17-34(28)30(36)33-23-12-9-8-10-13-23/h15-16,18,23,27H,8-14,17H2,1-7H3,(H,33,36). The van der Waals surface area contributed by atoms with Gasteiger partial charge < -0.3 is 14.8 Å². The van der Waals surface area contributed by atoms with Gasteiger partial charge in [-0.2, -0.15) is 0 Å². The van der Waals surface area contributed by atoms with Crippen molar-refractivity contribution in [3.8, 4) is 11.1 Å². The van der Waals surface area contributed by atoms with Gasteiger partial charge in [0.1, 0.15) is 5.82 Å². The molecule has 0 spiro atoms.